The Morgan fingerprint density at radius 1 is 1.28 bits per heavy atom. The molecule has 29 heavy (non-hydrogen) atoms. The largest absolute Gasteiger partial charge is 0.508 e. The second-order valence-corrected chi connectivity index (χ2v) is 7.91. The maximum atomic E-state index is 12.3. The van der Waals surface area contributed by atoms with Crippen molar-refractivity contribution in [1.29, 1.82) is 0 Å². The summed E-state index contributed by atoms with van der Waals surface area (Å²) >= 11 is 0. The molecule has 1 aliphatic heterocycles. The molecule has 2 amide bonds. The lowest BCUT2D eigenvalue weighted by atomic mass is 9.79. The van der Waals surface area contributed by atoms with E-state index in [1.165, 1.54) is 0 Å². The number of piperidine rings is 1. The molecule has 0 radical (unpaired) electrons. The standard InChI is InChI=1S/C21H31N3O5/c1-13-8-10-24(20(14(13)2)15-4-3-5-16(25)12-15)11-9-19(27)23-17(21(28)29)6-7-18(22)26/h3-5,12-14,17,20,25H,6-11H2,1-2H3,(H2,22,26)(H,23,27)(H,28,29)/t13-,14-,17+,20?/m1/s1. The fraction of sp³-hybridized carbons (Fsp3) is 0.571. The van der Waals surface area contributed by atoms with Crippen molar-refractivity contribution in [1.82, 2.24) is 10.2 Å². The van der Waals surface area contributed by atoms with Crippen LogP contribution in [0.2, 0.25) is 0 Å². The molecule has 0 aromatic heterocycles. The van der Waals surface area contributed by atoms with Crippen molar-refractivity contribution >= 4 is 17.8 Å². The van der Waals surface area contributed by atoms with E-state index >= 15 is 0 Å². The number of aliphatic carboxylic acids is 1. The highest BCUT2D eigenvalue weighted by atomic mass is 16.4. The zero-order valence-electron chi connectivity index (χ0n) is 17.0. The number of aromatic hydroxyl groups is 1. The number of carbonyl (C=O) groups is 3. The molecular formula is C21H31N3O5. The molecule has 1 aromatic carbocycles. The number of carbonyl (C=O) groups excluding carboxylic acids is 2. The molecule has 160 valence electrons. The summed E-state index contributed by atoms with van der Waals surface area (Å²) in [4.78, 5) is 36.7. The van der Waals surface area contributed by atoms with E-state index in [2.05, 4.69) is 24.1 Å². The van der Waals surface area contributed by atoms with E-state index in [1.807, 2.05) is 12.1 Å². The highest BCUT2D eigenvalue weighted by molar-refractivity contribution is 5.84. The van der Waals surface area contributed by atoms with E-state index in [0.717, 1.165) is 18.5 Å². The van der Waals surface area contributed by atoms with Gasteiger partial charge in [-0.2, -0.15) is 0 Å². The molecule has 2 rings (SSSR count). The summed E-state index contributed by atoms with van der Waals surface area (Å²) in [6.07, 6.45) is 1.03. The SMILES string of the molecule is C[C@@H]1CCN(CCC(=O)N[C@@H](CCC(N)=O)C(=O)O)C(c2cccc(O)c2)[C@@H]1C. The van der Waals surface area contributed by atoms with Crippen LogP contribution in [0.4, 0.5) is 0 Å². The minimum atomic E-state index is -1.18. The molecule has 0 aliphatic carbocycles. The van der Waals surface area contributed by atoms with Crippen LogP contribution in [-0.4, -0.2) is 52.0 Å². The van der Waals surface area contributed by atoms with Gasteiger partial charge in [0.2, 0.25) is 11.8 Å². The van der Waals surface area contributed by atoms with Crippen LogP contribution in [0.5, 0.6) is 5.75 Å². The summed E-state index contributed by atoms with van der Waals surface area (Å²) in [6.45, 7) is 5.69. The van der Waals surface area contributed by atoms with Gasteiger partial charge in [0.1, 0.15) is 11.8 Å². The smallest absolute Gasteiger partial charge is 0.326 e. The van der Waals surface area contributed by atoms with Gasteiger partial charge in [-0.1, -0.05) is 26.0 Å². The van der Waals surface area contributed by atoms with Crippen LogP contribution in [-0.2, 0) is 14.4 Å². The number of hydrogen-bond acceptors (Lipinski definition) is 5. The molecule has 1 saturated heterocycles. The van der Waals surface area contributed by atoms with Crippen molar-refractivity contribution < 1.29 is 24.6 Å². The van der Waals surface area contributed by atoms with Gasteiger partial charge in [0.25, 0.3) is 0 Å². The highest BCUT2D eigenvalue weighted by Crippen LogP contribution is 2.39. The zero-order valence-corrected chi connectivity index (χ0v) is 17.0. The van der Waals surface area contributed by atoms with Gasteiger partial charge < -0.3 is 21.3 Å². The van der Waals surface area contributed by atoms with E-state index < -0.39 is 17.9 Å². The molecule has 1 aliphatic rings. The first-order chi connectivity index (χ1) is 13.7. The number of primary amides is 1. The molecule has 0 saturated carbocycles. The number of nitrogens with zero attached hydrogens (tertiary/aromatic N) is 1. The molecule has 8 nitrogen and oxygen atoms in total. The number of amides is 2. The molecule has 1 unspecified atom stereocenters. The van der Waals surface area contributed by atoms with E-state index in [9.17, 15) is 24.6 Å². The van der Waals surface area contributed by atoms with Gasteiger partial charge in [-0.15, -0.1) is 0 Å². The van der Waals surface area contributed by atoms with Crippen LogP contribution < -0.4 is 11.1 Å². The van der Waals surface area contributed by atoms with E-state index in [4.69, 9.17) is 5.73 Å². The van der Waals surface area contributed by atoms with Crippen LogP contribution in [0.15, 0.2) is 24.3 Å². The third-order valence-corrected chi connectivity index (χ3v) is 5.81. The Balaban J connectivity index is 2.01. The van der Waals surface area contributed by atoms with Crippen LogP contribution in [0.1, 0.15) is 51.1 Å². The number of likely N-dealkylation sites (tertiary alicyclic amines) is 1. The van der Waals surface area contributed by atoms with Gasteiger partial charge in [-0.3, -0.25) is 14.5 Å². The number of carboxylic acids is 1. The number of phenols is 1. The Morgan fingerprint density at radius 3 is 2.62 bits per heavy atom. The van der Waals surface area contributed by atoms with E-state index in [0.29, 0.717) is 18.4 Å². The maximum Gasteiger partial charge on any atom is 0.326 e. The topological polar surface area (TPSA) is 133 Å². The van der Waals surface area contributed by atoms with Crippen molar-refractivity contribution in [2.75, 3.05) is 13.1 Å². The van der Waals surface area contributed by atoms with Gasteiger partial charge >= 0.3 is 5.97 Å². The van der Waals surface area contributed by atoms with Gasteiger partial charge in [0.05, 0.1) is 0 Å². The van der Waals surface area contributed by atoms with Gasteiger partial charge in [-0.25, -0.2) is 4.79 Å². The lowest BCUT2D eigenvalue weighted by Gasteiger charge is -2.43. The Kier molecular flexibility index (Phi) is 8.01. The van der Waals surface area contributed by atoms with Crippen molar-refractivity contribution in [2.24, 2.45) is 17.6 Å². The van der Waals surface area contributed by atoms with Crippen LogP contribution in [0.3, 0.4) is 0 Å². The first-order valence-corrected chi connectivity index (χ1v) is 10.0. The maximum absolute atomic E-state index is 12.3. The molecule has 1 heterocycles. The monoisotopic (exact) mass is 405 g/mol. The summed E-state index contributed by atoms with van der Waals surface area (Å²) in [6, 6.07) is 6.14. The second-order valence-electron chi connectivity index (χ2n) is 7.91. The van der Waals surface area contributed by atoms with E-state index in [1.54, 1.807) is 12.1 Å². The minimum Gasteiger partial charge on any atom is -0.508 e. The molecule has 1 aromatic rings. The number of phenolic OH excluding ortho intramolecular Hbond substituents is 1. The van der Waals surface area contributed by atoms with Crippen LogP contribution in [0.25, 0.3) is 0 Å². The summed E-state index contributed by atoms with van der Waals surface area (Å²) in [5.74, 6) is -1.09. The Bertz CT molecular complexity index is 739. The number of nitrogens with one attached hydrogen (secondary N) is 1. The number of nitrogens with two attached hydrogens (primary N) is 1. The fourth-order valence-corrected chi connectivity index (χ4v) is 3.94. The second kappa shape index (κ2) is 10.2. The molecule has 4 atom stereocenters. The third kappa shape index (κ3) is 6.45. The van der Waals surface area contributed by atoms with Crippen molar-refractivity contribution in [2.45, 2.75) is 51.6 Å². The highest BCUT2D eigenvalue weighted by Gasteiger charge is 2.34. The van der Waals surface area contributed by atoms with Crippen molar-refractivity contribution in [3.05, 3.63) is 29.8 Å². The molecule has 8 heteroatoms. The Labute approximate surface area is 171 Å². The zero-order chi connectivity index (χ0) is 21.6. The number of carboxylic acid groups (broad SMARTS) is 1. The van der Waals surface area contributed by atoms with Crippen molar-refractivity contribution in [3.63, 3.8) is 0 Å². The van der Waals surface area contributed by atoms with E-state index in [-0.39, 0.29) is 37.0 Å². The van der Waals surface area contributed by atoms with Gasteiger partial charge in [0, 0.05) is 25.4 Å². The van der Waals surface area contributed by atoms with Gasteiger partial charge in [-0.05, 0) is 48.9 Å². The summed E-state index contributed by atoms with van der Waals surface area (Å²) in [5, 5.41) is 21.6. The molecule has 0 spiro atoms. The summed E-state index contributed by atoms with van der Waals surface area (Å²) in [7, 11) is 0. The molecule has 1 fully saturated rings. The summed E-state index contributed by atoms with van der Waals surface area (Å²) in [5.41, 5.74) is 6.07. The summed E-state index contributed by atoms with van der Waals surface area (Å²) < 4.78 is 0. The van der Waals surface area contributed by atoms with Crippen molar-refractivity contribution in [3.8, 4) is 5.75 Å². The lowest BCUT2D eigenvalue weighted by molar-refractivity contribution is -0.142. The minimum absolute atomic E-state index is 0.0272. The van der Waals surface area contributed by atoms with Crippen LogP contribution >= 0.6 is 0 Å². The molecule has 0 bridgehead atoms. The number of hydrogen-bond donors (Lipinski definition) is 4. The number of rotatable bonds is 9. The average Bonchev–Trinajstić information content (AvgIpc) is 2.65. The average molecular weight is 405 g/mol. The predicted molar refractivity (Wildman–Crippen MR) is 108 cm³/mol. The Hall–Kier alpha value is -2.61. The van der Waals surface area contributed by atoms with Crippen LogP contribution in [0, 0.1) is 11.8 Å². The predicted octanol–water partition coefficient (Wildman–Crippen LogP) is 1.64. The quantitative estimate of drug-likeness (QED) is 0.494. The first kappa shape index (κ1) is 22.7. The lowest BCUT2D eigenvalue weighted by Crippen LogP contribution is -2.45. The molecule has 5 N–H and O–H groups in total. The normalized spacial score (nSPS) is 23.3. The first-order valence-electron chi connectivity index (χ1n) is 10.0. The fourth-order valence-electron chi connectivity index (χ4n) is 3.94. The molecular weight excluding hydrogens is 374 g/mol. The Morgan fingerprint density at radius 2 is 2.00 bits per heavy atom. The third-order valence-electron chi connectivity index (χ3n) is 5.81. The van der Waals surface area contributed by atoms with Gasteiger partial charge in [0.15, 0.2) is 0 Å². The number of benzene rings is 1.